The van der Waals surface area contributed by atoms with Gasteiger partial charge in [0.05, 0.1) is 5.69 Å². The van der Waals surface area contributed by atoms with E-state index in [9.17, 15) is 5.11 Å². The van der Waals surface area contributed by atoms with E-state index in [-0.39, 0.29) is 35.4 Å². The van der Waals surface area contributed by atoms with Gasteiger partial charge in [0.1, 0.15) is 10.8 Å². The van der Waals surface area contributed by atoms with Crippen LogP contribution < -0.4 is 0 Å². The van der Waals surface area contributed by atoms with Gasteiger partial charge < -0.3 is 5.11 Å². The molecule has 2 rings (SSSR count). The van der Waals surface area contributed by atoms with Gasteiger partial charge in [0.15, 0.2) is 0 Å². The van der Waals surface area contributed by atoms with Crippen molar-refractivity contribution in [3.63, 3.8) is 0 Å². The number of hydrogen-bond acceptors (Lipinski definition) is 4. The molecule has 0 saturated heterocycles. The molecule has 0 unspecified atom stereocenters. The third kappa shape index (κ3) is 1.71. The molecule has 0 saturated carbocycles. The molecule has 0 amide bonds. The maximum absolute atomic E-state index is 9.50. The summed E-state index contributed by atoms with van der Waals surface area (Å²) >= 11 is 3.18. The summed E-state index contributed by atoms with van der Waals surface area (Å²) in [4.78, 5) is 7.92. The van der Waals surface area contributed by atoms with Crippen LogP contribution >= 0.6 is 15.9 Å². The molecular weight excluding hydrogens is 247 g/mol. The van der Waals surface area contributed by atoms with Crippen molar-refractivity contribution in [1.29, 1.82) is 0 Å². The molecule has 1 N–H and O–H groups in total. The number of aromatic nitrogens is 4. The molecule has 0 aliphatic heterocycles. The van der Waals surface area contributed by atoms with Gasteiger partial charge in [-0.3, -0.25) is 0 Å². The fourth-order valence-electron chi connectivity index (χ4n) is 0.915. The average molecular weight is 253 g/mol. The molecular formula is C6H6BrN4NaO. The zero-order valence-electron chi connectivity index (χ0n) is 6.19. The van der Waals surface area contributed by atoms with Crippen LogP contribution in [0, 0.1) is 6.92 Å². The van der Waals surface area contributed by atoms with E-state index < -0.39 is 0 Å². The maximum atomic E-state index is 9.50. The Labute approximate surface area is 105 Å². The number of aromatic hydroxyl groups is 1. The van der Waals surface area contributed by atoms with E-state index in [0.29, 0.717) is 15.9 Å². The van der Waals surface area contributed by atoms with Gasteiger partial charge in [-0.15, -0.1) is 0 Å². The Bertz CT molecular complexity index is 443. The van der Waals surface area contributed by atoms with Crippen molar-refractivity contribution in [2.75, 3.05) is 0 Å². The molecule has 0 atom stereocenters. The van der Waals surface area contributed by atoms with Gasteiger partial charge in [-0.25, -0.2) is 4.98 Å². The molecule has 13 heavy (non-hydrogen) atoms. The Morgan fingerprint density at radius 2 is 2.23 bits per heavy atom. The fraction of sp³-hybridized carbons (Fsp3) is 0.167. The average Bonchev–Trinajstić information content (AvgIpc) is 2.48. The summed E-state index contributed by atoms with van der Waals surface area (Å²) in [5.41, 5.74) is 0.688. The first-order chi connectivity index (χ1) is 5.70. The molecule has 64 valence electrons. The van der Waals surface area contributed by atoms with Crippen molar-refractivity contribution >= 4 is 51.3 Å². The van der Waals surface area contributed by atoms with Crippen LogP contribution in [0.25, 0.3) is 5.78 Å². The first kappa shape index (κ1) is 10.9. The van der Waals surface area contributed by atoms with Gasteiger partial charge in [0.2, 0.25) is 5.88 Å². The summed E-state index contributed by atoms with van der Waals surface area (Å²) < 4.78 is 1.80. The standard InChI is InChI=1S/C6H5BrN4O.Na.H/c1-3-4(7)5(12)11-6(10-3)8-2-9-11;;/h2,12H,1H3;;. The molecule has 7 heteroatoms. The minimum absolute atomic E-state index is 0. The minimum atomic E-state index is 0. The van der Waals surface area contributed by atoms with Crippen molar-refractivity contribution < 1.29 is 5.11 Å². The molecule has 0 spiro atoms. The van der Waals surface area contributed by atoms with Gasteiger partial charge in [-0.1, -0.05) is 0 Å². The molecule has 2 aromatic heterocycles. The SMILES string of the molecule is Cc1nc2ncnn2c(O)c1Br.[NaH]. The summed E-state index contributed by atoms with van der Waals surface area (Å²) in [6.45, 7) is 1.78. The van der Waals surface area contributed by atoms with Crippen molar-refractivity contribution in [3.8, 4) is 5.88 Å². The molecule has 0 bridgehead atoms. The Kier molecular flexibility index (Phi) is 3.28. The fourth-order valence-corrected chi connectivity index (χ4v) is 1.17. The Balaban J connectivity index is 0.000000845. The number of fused-ring (bicyclic) bond motifs is 1. The van der Waals surface area contributed by atoms with Crippen LogP contribution in [0.5, 0.6) is 5.88 Å². The quantitative estimate of drug-likeness (QED) is 0.683. The number of aryl methyl sites for hydroxylation is 1. The number of rotatable bonds is 0. The van der Waals surface area contributed by atoms with E-state index in [1.54, 1.807) is 6.92 Å². The van der Waals surface area contributed by atoms with E-state index >= 15 is 0 Å². The second kappa shape index (κ2) is 3.91. The molecule has 2 heterocycles. The van der Waals surface area contributed by atoms with E-state index in [1.165, 1.54) is 10.8 Å². The van der Waals surface area contributed by atoms with Crippen LogP contribution in [0.1, 0.15) is 5.69 Å². The van der Waals surface area contributed by atoms with Crippen LogP contribution in [0.2, 0.25) is 0 Å². The molecule has 0 fully saturated rings. The third-order valence-electron chi connectivity index (χ3n) is 1.51. The Morgan fingerprint density at radius 1 is 1.54 bits per heavy atom. The predicted octanol–water partition coefficient (Wildman–Crippen LogP) is 0.252. The van der Waals surface area contributed by atoms with Crippen LogP contribution in [-0.4, -0.2) is 54.2 Å². The zero-order valence-corrected chi connectivity index (χ0v) is 7.78. The van der Waals surface area contributed by atoms with Crippen LogP contribution in [0.15, 0.2) is 10.8 Å². The van der Waals surface area contributed by atoms with Crippen molar-refractivity contribution in [3.05, 3.63) is 16.5 Å². The molecule has 0 aliphatic carbocycles. The topological polar surface area (TPSA) is 63.3 Å². The van der Waals surface area contributed by atoms with Crippen molar-refractivity contribution in [1.82, 2.24) is 19.6 Å². The third-order valence-corrected chi connectivity index (χ3v) is 2.44. The second-order valence-corrected chi connectivity index (χ2v) is 3.10. The van der Waals surface area contributed by atoms with Crippen LogP contribution in [0.4, 0.5) is 0 Å². The molecule has 5 nitrogen and oxygen atoms in total. The summed E-state index contributed by atoms with van der Waals surface area (Å²) in [6.07, 6.45) is 1.34. The summed E-state index contributed by atoms with van der Waals surface area (Å²) in [6, 6.07) is 0. The van der Waals surface area contributed by atoms with Gasteiger partial charge in [-0.05, 0) is 22.9 Å². The van der Waals surface area contributed by atoms with Gasteiger partial charge in [0.25, 0.3) is 5.78 Å². The normalized spacial score (nSPS) is 10.0. The molecule has 0 aromatic carbocycles. The van der Waals surface area contributed by atoms with E-state index in [4.69, 9.17) is 0 Å². The number of hydrogen-bond donors (Lipinski definition) is 1. The van der Waals surface area contributed by atoms with Gasteiger partial charge >= 0.3 is 29.6 Å². The van der Waals surface area contributed by atoms with E-state index in [1.807, 2.05) is 0 Å². The summed E-state index contributed by atoms with van der Waals surface area (Å²) in [5, 5.41) is 13.3. The Morgan fingerprint density at radius 3 is 2.92 bits per heavy atom. The van der Waals surface area contributed by atoms with Crippen molar-refractivity contribution in [2.24, 2.45) is 0 Å². The molecule has 0 radical (unpaired) electrons. The van der Waals surface area contributed by atoms with Gasteiger partial charge in [0, 0.05) is 0 Å². The van der Waals surface area contributed by atoms with E-state index in [0.717, 1.165) is 0 Å². The number of halogens is 1. The predicted molar refractivity (Wildman–Crippen MR) is 52.0 cm³/mol. The Hall–Kier alpha value is -0.170. The monoisotopic (exact) mass is 252 g/mol. The molecule has 0 aliphatic rings. The van der Waals surface area contributed by atoms with Crippen LogP contribution in [-0.2, 0) is 0 Å². The summed E-state index contributed by atoms with van der Waals surface area (Å²) in [5.74, 6) is 0.420. The first-order valence-corrected chi connectivity index (χ1v) is 4.04. The van der Waals surface area contributed by atoms with Crippen molar-refractivity contribution in [2.45, 2.75) is 6.92 Å². The first-order valence-electron chi connectivity index (χ1n) is 3.25. The van der Waals surface area contributed by atoms with Crippen LogP contribution in [0.3, 0.4) is 0 Å². The van der Waals surface area contributed by atoms with Gasteiger partial charge in [-0.2, -0.15) is 14.6 Å². The second-order valence-electron chi connectivity index (χ2n) is 2.31. The molecule has 2 aromatic rings. The zero-order chi connectivity index (χ0) is 8.72. The van der Waals surface area contributed by atoms with E-state index in [2.05, 4.69) is 31.0 Å². The summed E-state index contributed by atoms with van der Waals surface area (Å²) in [7, 11) is 0. The number of nitrogens with zero attached hydrogens (tertiary/aromatic N) is 4.